The van der Waals surface area contributed by atoms with Gasteiger partial charge in [-0.05, 0) is 24.6 Å². The zero-order chi connectivity index (χ0) is 17.4. The van der Waals surface area contributed by atoms with Crippen LogP contribution >= 0.6 is 0 Å². The van der Waals surface area contributed by atoms with Gasteiger partial charge in [0, 0.05) is 0 Å². The van der Waals surface area contributed by atoms with E-state index in [-0.39, 0.29) is 24.5 Å². The SMILES string of the molecule is CCOC(=O)c1c(NC(=O)OCc2ccccc2)cccc1OC. The largest absolute Gasteiger partial charge is 0.496 e. The van der Waals surface area contributed by atoms with Crippen LogP contribution in [0.1, 0.15) is 22.8 Å². The van der Waals surface area contributed by atoms with Gasteiger partial charge in [0.25, 0.3) is 0 Å². The molecule has 0 radical (unpaired) electrons. The molecule has 0 aliphatic carbocycles. The topological polar surface area (TPSA) is 73.9 Å². The van der Waals surface area contributed by atoms with Crippen molar-refractivity contribution in [3.05, 3.63) is 59.7 Å². The third-order valence-electron chi connectivity index (χ3n) is 3.18. The number of rotatable bonds is 6. The van der Waals surface area contributed by atoms with E-state index in [4.69, 9.17) is 14.2 Å². The summed E-state index contributed by atoms with van der Waals surface area (Å²) in [5.41, 5.74) is 1.29. The highest BCUT2D eigenvalue weighted by molar-refractivity contribution is 6.02. The van der Waals surface area contributed by atoms with E-state index >= 15 is 0 Å². The quantitative estimate of drug-likeness (QED) is 0.819. The van der Waals surface area contributed by atoms with Gasteiger partial charge in [0.15, 0.2) is 0 Å². The van der Waals surface area contributed by atoms with Gasteiger partial charge in [-0.25, -0.2) is 9.59 Å². The predicted octanol–water partition coefficient (Wildman–Crippen LogP) is 3.62. The number of hydrogen-bond donors (Lipinski definition) is 1. The van der Waals surface area contributed by atoms with E-state index in [0.717, 1.165) is 5.56 Å². The minimum absolute atomic E-state index is 0.130. The molecule has 0 aromatic heterocycles. The van der Waals surface area contributed by atoms with Crippen molar-refractivity contribution in [3.63, 3.8) is 0 Å². The average Bonchev–Trinajstić information content (AvgIpc) is 2.60. The maximum absolute atomic E-state index is 12.1. The van der Waals surface area contributed by atoms with E-state index in [0.29, 0.717) is 5.75 Å². The number of hydrogen-bond acceptors (Lipinski definition) is 5. The van der Waals surface area contributed by atoms with Crippen molar-refractivity contribution in [3.8, 4) is 5.75 Å². The van der Waals surface area contributed by atoms with Crippen molar-refractivity contribution in [2.24, 2.45) is 0 Å². The Morgan fingerprint density at radius 1 is 1.00 bits per heavy atom. The summed E-state index contributed by atoms with van der Waals surface area (Å²) in [7, 11) is 1.44. The van der Waals surface area contributed by atoms with E-state index < -0.39 is 12.1 Å². The lowest BCUT2D eigenvalue weighted by molar-refractivity contribution is 0.0524. The maximum atomic E-state index is 12.1. The molecule has 6 heteroatoms. The van der Waals surface area contributed by atoms with Crippen molar-refractivity contribution in [2.75, 3.05) is 19.0 Å². The standard InChI is InChI=1S/C18H19NO5/c1-3-23-17(20)16-14(10-7-11-15(16)22-2)19-18(21)24-12-13-8-5-4-6-9-13/h4-11H,3,12H2,1-2H3,(H,19,21). The number of methoxy groups -OCH3 is 1. The van der Waals surface area contributed by atoms with E-state index in [1.54, 1.807) is 25.1 Å². The maximum Gasteiger partial charge on any atom is 0.411 e. The van der Waals surface area contributed by atoms with Gasteiger partial charge in [0.2, 0.25) is 0 Å². The van der Waals surface area contributed by atoms with Crippen LogP contribution in [-0.4, -0.2) is 25.8 Å². The lowest BCUT2D eigenvalue weighted by atomic mass is 10.1. The Morgan fingerprint density at radius 3 is 2.42 bits per heavy atom. The summed E-state index contributed by atoms with van der Waals surface area (Å²) < 4.78 is 15.3. The lowest BCUT2D eigenvalue weighted by Crippen LogP contribution is -2.17. The van der Waals surface area contributed by atoms with Gasteiger partial charge in [0.1, 0.15) is 17.9 Å². The van der Waals surface area contributed by atoms with Crippen LogP contribution in [0.5, 0.6) is 5.75 Å². The summed E-state index contributed by atoms with van der Waals surface area (Å²) in [6, 6.07) is 14.2. The Kier molecular flexibility index (Phi) is 6.19. The zero-order valence-corrected chi connectivity index (χ0v) is 13.6. The van der Waals surface area contributed by atoms with Crippen LogP contribution in [0, 0.1) is 0 Å². The van der Waals surface area contributed by atoms with Crippen molar-refractivity contribution < 1.29 is 23.8 Å². The lowest BCUT2D eigenvalue weighted by Gasteiger charge is -2.13. The molecule has 0 unspecified atom stereocenters. The number of ether oxygens (including phenoxy) is 3. The molecule has 0 aliphatic rings. The van der Waals surface area contributed by atoms with Gasteiger partial charge in [0.05, 0.1) is 19.4 Å². The van der Waals surface area contributed by atoms with Gasteiger partial charge in [-0.1, -0.05) is 36.4 Å². The summed E-state index contributed by atoms with van der Waals surface area (Å²) >= 11 is 0. The van der Waals surface area contributed by atoms with Gasteiger partial charge in [-0.3, -0.25) is 5.32 Å². The molecule has 6 nitrogen and oxygen atoms in total. The minimum Gasteiger partial charge on any atom is -0.496 e. The monoisotopic (exact) mass is 329 g/mol. The first-order chi connectivity index (χ1) is 11.7. The van der Waals surface area contributed by atoms with Crippen LogP contribution in [0.25, 0.3) is 0 Å². The van der Waals surface area contributed by atoms with Gasteiger partial charge >= 0.3 is 12.1 Å². The number of amides is 1. The fraction of sp³-hybridized carbons (Fsp3) is 0.222. The summed E-state index contributed by atoms with van der Waals surface area (Å²) in [6.45, 7) is 2.05. The number of esters is 1. The number of carbonyl (C=O) groups excluding carboxylic acids is 2. The van der Waals surface area contributed by atoms with Crippen LogP contribution in [0.4, 0.5) is 10.5 Å². The molecule has 2 aromatic rings. The number of benzene rings is 2. The average molecular weight is 329 g/mol. The summed E-state index contributed by atoms with van der Waals surface area (Å²) in [5, 5.41) is 2.55. The van der Waals surface area contributed by atoms with Crippen LogP contribution in [0.3, 0.4) is 0 Å². The Balaban J connectivity index is 2.10. The molecule has 0 heterocycles. The second-order valence-corrected chi connectivity index (χ2v) is 4.79. The summed E-state index contributed by atoms with van der Waals surface area (Å²) in [6.07, 6.45) is -0.669. The second kappa shape index (κ2) is 8.57. The van der Waals surface area contributed by atoms with Gasteiger partial charge in [-0.15, -0.1) is 0 Å². The Hall–Kier alpha value is -3.02. The van der Waals surface area contributed by atoms with Gasteiger partial charge < -0.3 is 14.2 Å². The Bertz CT molecular complexity index is 700. The number of anilines is 1. The summed E-state index contributed by atoms with van der Waals surface area (Å²) in [4.78, 5) is 24.1. The molecule has 0 fully saturated rings. The smallest absolute Gasteiger partial charge is 0.411 e. The molecule has 0 saturated carbocycles. The van der Waals surface area contributed by atoms with E-state index in [1.165, 1.54) is 7.11 Å². The predicted molar refractivity (Wildman–Crippen MR) is 89.2 cm³/mol. The summed E-state index contributed by atoms with van der Waals surface area (Å²) in [5.74, 6) is -0.261. The molecule has 2 aromatic carbocycles. The second-order valence-electron chi connectivity index (χ2n) is 4.79. The molecule has 1 amide bonds. The molecule has 2 rings (SSSR count). The molecule has 0 spiro atoms. The molecule has 126 valence electrons. The third kappa shape index (κ3) is 4.49. The van der Waals surface area contributed by atoms with Crippen molar-refractivity contribution in [2.45, 2.75) is 13.5 Å². The van der Waals surface area contributed by atoms with E-state index in [2.05, 4.69) is 5.32 Å². The van der Waals surface area contributed by atoms with E-state index in [9.17, 15) is 9.59 Å². The molecular formula is C18H19NO5. The van der Waals surface area contributed by atoms with Gasteiger partial charge in [-0.2, -0.15) is 0 Å². The molecule has 24 heavy (non-hydrogen) atoms. The first kappa shape index (κ1) is 17.3. The normalized spacial score (nSPS) is 9.92. The highest BCUT2D eigenvalue weighted by Crippen LogP contribution is 2.27. The molecule has 0 atom stereocenters. The van der Waals surface area contributed by atoms with Crippen LogP contribution in [0.2, 0.25) is 0 Å². The third-order valence-corrected chi connectivity index (χ3v) is 3.18. The van der Waals surface area contributed by atoms with Crippen LogP contribution < -0.4 is 10.1 Å². The fourth-order valence-corrected chi connectivity index (χ4v) is 2.09. The van der Waals surface area contributed by atoms with Crippen LogP contribution in [-0.2, 0) is 16.1 Å². The fourth-order valence-electron chi connectivity index (χ4n) is 2.09. The number of carbonyl (C=O) groups is 2. The highest BCUT2D eigenvalue weighted by atomic mass is 16.5. The number of nitrogens with one attached hydrogen (secondary N) is 1. The minimum atomic E-state index is -0.669. The zero-order valence-electron chi connectivity index (χ0n) is 13.6. The van der Waals surface area contributed by atoms with Crippen molar-refractivity contribution >= 4 is 17.7 Å². The first-order valence-corrected chi connectivity index (χ1v) is 7.47. The highest BCUT2D eigenvalue weighted by Gasteiger charge is 2.20. The van der Waals surface area contributed by atoms with Crippen molar-refractivity contribution in [1.29, 1.82) is 0 Å². The molecular weight excluding hydrogens is 310 g/mol. The van der Waals surface area contributed by atoms with E-state index in [1.807, 2.05) is 30.3 Å². The molecule has 0 saturated heterocycles. The first-order valence-electron chi connectivity index (χ1n) is 7.47. The molecule has 1 N–H and O–H groups in total. The molecule has 0 aliphatic heterocycles. The molecule has 0 bridgehead atoms. The van der Waals surface area contributed by atoms with Crippen molar-refractivity contribution in [1.82, 2.24) is 0 Å². The van der Waals surface area contributed by atoms with Crippen LogP contribution in [0.15, 0.2) is 48.5 Å². The Morgan fingerprint density at radius 2 is 1.75 bits per heavy atom. The Labute approximate surface area is 140 Å².